The van der Waals surface area contributed by atoms with Crippen molar-refractivity contribution in [3.63, 3.8) is 0 Å². The molecule has 1 fully saturated rings. The Kier molecular flexibility index (Phi) is 4.51. The summed E-state index contributed by atoms with van der Waals surface area (Å²) in [6.45, 7) is 0. The average molecular weight is 366 g/mol. The summed E-state index contributed by atoms with van der Waals surface area (Å²) in [4.78, 5) is 11.6. The molecule has 1 aliphatic carbocycles. The summed E-state index contributed by atoms with van der Waals surface area (Å²) >= 11 is 3.27. The molecule has 116 valence electrons. The molecule has 2 N–H and O–H groups in total. The van der Waals surface area contributed by atoms with E-state index < -0.39 is 30.0 Å². The Hall–Kier alpha value is -1.24. The van der Waals surface area contributed by atoms with E-state index in [4.69, 9.17) is 0 Å². The molecule has 2 atom stereocenters. The van der Waals surface area contributed by atoms with Crippen molar-refractivity contribution < 1.29 is 23.1 Å². The Morgan fingerprint density at radius 1 is 1.38 bits per heavy atom. The Morgan fingerprint density at radius 3 is 2.62 bits per heavy atom. The number of rotatable bonds is 3. The van der Waals surface area contributed by atoms with Crippen LogP contribution < -0.4 is 5.32 Å². The minimum Gasteiger partial charge on any atom is -0.480 e. The van der Waals surface area contributed by atoms with Gasteiger partial charge in [0, 0.05) is 10.2 Å². The van der Waals surface area contributed by atoms with Crippen LogP contribution in [0.4, 0.5) is 18.9 Å². The lowest BCUT2D eigenvalue weighted by Gasteiger charge is -2.39. The van der Waals surface area contributed by atoms with Gasteiger partial charge in [0.2, 0.25) is 0 Å². The number of carboxylic acid groups (broad SMARTS) is 1. The Balaban J connectivity index is 2.29. The van der Waals surface area contributed by atoms with Crippen LogP contribution in [-0.2, 0) is 4.79 Å². The van der Waals surface area contributed by atoms with Crippen LogP contribution in [0.1, 0.15) is 25.7 Å². The summed E-state index contributed by atoms with van der Waals surface area (Å²) in [5, 5.41) is 12.3. The number of hydrogen-bond acceptors (Lipinski definition) is 2. The first-order valence-corrected chi connectivity index (χ1v) is 7.37. The smallest absolute Gasteiger partial charge is 0.391 e. The van der Waals surface area contributed by atoms with Gasteiger partial charge < -0.3 is 10.4 Å². The highest BCUT2D eigenvalue weighted by molar-refractivity contribution is 9.10. The van der Waals surface area contributed by atoms with Gasteiger partial charge in [-0.05, 0) is 53.7 Å². The Morgan fingerprint density at radius 2 is 2.05 bits per heavy atom. The number of anilines is 1. The summed E-state index contributed by atoms with van der Waals surface area (Å²) in [5.74, 6) is -2.83. The molecule has 1 saturated carbocycles. The fraction of sp³-hybridized carbons (Fsp3) is 0.500. The highest BCUT2D eigenvalue weighted by Gasteiger charge is 2.51. The topological polar surface area (TPSA) is 49.3 Å². The van der Waals surface area contributed by atoms with Crippen LogP contribution >= 0.6 is 15.9 Å². The van der Waals surface area contributed by atoms with Gasteiger partial charge in [-0.15, -0.1) is 0 Å². The molecule has 1 aromatic rings. The maximum atomic E-state index is 12.9. The number of para-hydroxylation sites is 1. The van der Waals surface area contributed by atoms with Gasteiger partial charge in [-0.25, -0.2) is 4.79 Å². The second-order valence-electron chi connectivity index (χ2n) is 5.33. The average Bonchev–Trinajstić information content (AvgIpc) is 2.40. The molecule has 3 nitrogen and oxygen atoms in total. The fourth-order valence-corrected chi connectivity index (χ4v) is 3.12. The number of benzene rings is 1. The first kappa shape index (κ1) is 16.1. The maximum absolute atomic E-state index is 12.9. The lowest BCUT2D eigenvalue weighted by molar-refractivity contribution is -0.188. The first-order valence-electron chi connectivity index (χ1n) is 6.57. The van der Waals surface area contributed by atoms with E-state index in [2.05, 4.69) is 21.2 Å². The Bertz CT molecular complexity index is 535. The van der Waals surface area contributed by atoms with Crippen LogP contribution in [0.3, 0.4) is 0 Å². The van der Waals surface area contributed by atoms with Gasteiger partial charge in [-0.3, -0.25) is 0 Å². The minimum absolute atomic E-state index is 0.0177. The lowest BCUT2D eigenvalue weighted by atomic mass is 9.75. The van der Waals surface area contributed by atoms with E-state index in [1.54, 1.807) is 24.3 Å². The van der Waals surface area contributed by atoms with Crippen molar-refractivity contribution in [1.82, 2.24) is 0 Å². The van der Waals surface area contributed by atoms with Crippen LogP contribution in [0.2, 0.25) is 0 Å². The van der Waals surface area contributed by atoms with Crippen molar-refractivity contribution in [2.45, 2.75) is 37.4 Å². The molecule has 21 heavy (non-hydrogen) atoms. The van der Waals surface area contributed by atoms with Gasteiger partial charge in [-0.2, -0.15) is 13.2 Å². The van der Waals surface area contributed by atoms with Crippen LogP contribution in [0.25, 0.3) is 0 Å². The Labute approximate surface area is 128 Å². The number of carboxylic acids is 1. The van der Waals surface area contributed by atoms with Crippen molar-refractivity contribution in [1.29, 1.82) is 0 Å². The van der Waals surface area contributed by atoms with Gasteiger partial charge in [0.1, 0.15) is 5.54 Å². The fourth-order valence-electron chi connectivity index (χ4n) is 2.74. The zero-order valence-corrected chi connectivity index (χ0v) is 12.7. The maximum Gasteiger partial charge on any atom is 0.391 e. The number of alkyl halides is 3. The molecule has 2 unspecified atom stereocenters. The van der Waals surface area contributed by atoms with Crippen molar-refractivity contribution in [3.8, 4) is 0 Å². The molecular weight excluding hydrogens is 351 g/mol. The molecule has 1 aliphatic rings. The van der Waals surface area contributed by atoms with Gasteiger partial charge in [-0.1, -0.05) is 12.1 Å². The normalized spacial score (nSPS) is 26.4. The predicted octanol–water partition coefficient (Wildman–Crippen LogP) is 4.44. The number of aliphatic carboxylic acids is 1. The molecule has 0 saturated heterocycles. The highest BCUT2D eigenvalue weighted by atomic mass is 79.9. The van der Waals surface area contributed by atoms with Gasteiger partial charge in [0.05, 0.1) is 5.92 Å². The van der Waals surface area contributed by atoms with Crippen molar-refractivity contribution in [2.75, 3.05) is 5.32 Å². The minimum atomic E-state index is -4.36. The van der Waals surface area contributed by atoms with E-state index in [1.165, 1.54) is 0 Å². The quantitative estimate of drug-likeness (QED) is 0.832. The molecule has 0 aromatic heterocycles. The predicted molar refractivity (Wildman–Crippen MR) is 76.1 cm³/mol. The number of halogens is 4. The van der Waals surface area contributed by atoms with Crippen LogP contribution in [0, 0.1) is 5.92 Å². The van der Waals surface area contributed by atoms with E-state index in [1.807, 2.05) is 0 Å². The summed E-state index contributed by atoms with van der Waals surface area (Å²) in [6.07, 6.45) is -4.43. The molecule has 0 spiro atoms. The summed E-state index contributed by atoms with van der Waals surface area (Å²) in [7, 11) is 0. The summed E-state index contributed by atoms with van der Waals surface area (Å²) in [5.41, 5.74) is -1.09. The van der Waals surface area contributed by atoms with Gasteiger partial charge >= 0.3 is 12.1 Å². The molecule has 7 heteroatoms. The van der Waals surface area contributed by atoms with E-state index in [0.29, 0.717) is 10.2 Å². The van der Waals surface area contributed by atoms with Crippen LogP contribution in [0.15, 0.2) is 28.7 Å². The molecule has 1 aromatic carbocycles. The largest absolute Gasteiger partial charge is 0.480 e. The molecule has 0 aliphatic heterocycles. The standard InChI is InChI=1S/C14H15BrF3NO2/c15-10-5-1-2-6-11(10)19-13(12(20)21)7-3-4-9(8-13)14(16,17)18/h1-2,5-6,9,19H,3-4,7-8H2,(H,20,21). The third-order valence-electron chi connectivity index (χ3n) is 3.87. The molecule has 0 heterocycles. The van der Waals surface area contributed by atoms with Gasteiger partial charge in [0.25, 0.3) is 0 Å². The second kappa shape index (κ2) is 5.87. The highest BCUT2D eigenvalue weighted by Crippen LogP contribution is 2.43. The molecule has 2 rings (SSSR count). The van der Waals surface area contributed by atoms with E-state index >= 15 is 0 Å². The monoisotopic (exact) mass is 365 g/mol. The number of nitrogens with one attached hydrogen (secondary N) is 1. The third-order valence-corrected chi connectivity index (χ3v) is 4.56. The summed E-state index contributed by atoms with van der Waals surface area (Å²) < 4.78 is 39.4. The zero-order chi connectivity index (χ0) is 15.7. The number of carbonyl (C=O) groups is 1. The van der Waals surface area contributed by atoms with Crippen LogP contribution in [-0.4, -0.2) is 22.8 Å². The molecule has 0 amide bonds. The van der Waals surface area contributed by atoms with Crippen molar-refractivity contribution in [3.05, 3.63) is 28.7 Å². The van der Waals surface area contributed by atoms with E-state index in [-0.39, 0.29) is 19.3 Å². The van der Waals surface area contributed by atoms with Crippen LogP contribution in [0.5, 0.6) is 0 Å². The second-order valence-corrected chi connectivity index (χ2v) is 6.18. The van der Waals surface area contributed by atoms with E-state index in [0.717, 1.165) is 0 Å². The molecular formula is C14H15BrF3NO2. The van der Waals surface area contributed by atoms with Crippen molar-refractivity contribution >= 4 is 27.6 Å². The van der Waals surface area contributed by atoms with Crippen molar-refractivity contribution in [2.24, 2.45) is 5.92 Å². The molecule has 0 radical (unpaired) electrons. The zero-order valence-electron chi connectivity index (χ0n) is 11.1. The van der Waals surface area contributed by atoms with Gasteiger partial charge in [0.15, 0.2) is 0 Å². The SMILES string of the molecule is O=C(O)C1(Nc2ccccc2Br)CCCC(C(F)(F)F)C1. The molecule has 0 bridgehead atoms. The lowest BCUT2D eigenvalue weighted by Crippen LogP contribution is -2.52. The third kappa shape index (κ3) is 3.51. The first-order chi connectivity index (χ1) is 9.74. The number of hydrogen-bond donors (Lipinski definition) is 2. The summed E-state index contributed by atoms with van der Waals surface area (Å²) in [6, 6.07) is 6.81. The van der Waals surface area contributed by atoms with E-state index in [9.17, 15) is 23.1 Å².